The van der Waals surface area contributed by atoms with Crippen LogP contribution in [-0.2, 0) is 4.79 Å². The minimum Gasteiger partial charge on any atom is -0.320 e. The summed E-state index contributed by atoms with van der Waals surface area (Å²) in [7, 11) is 0. The molecule has 0 saturated carbocycles. The zero-order chi connectivity index (χ0) is 17.0. The molecular formula is C15H13N3O5. The first-order valence-electron chi connectivity index (χ1n) is 6.69. The van der Waals surface area contributed by atoms with Crippen molar-refractivity contribution < 1.29 is 14.6 Å². The lowest BCUT2D eigenvalue weighted by Crippen LogP contribution is -2.19. The van der Waals surface area contributed by atoms with Gasteiger partial charge in [-0.2, -0.15) is 0 Å². The van der Waals surface area contributed by atoms with Crippen molar-refractivity contribution in [2.24, 2.45) is 0 Å². The van der Waals surface area contributed by atoms with E-state index in [1.807, 2.05) is 0 Å². The Morgan fingerprint density at radius 1 is 1.00 bits per heavy atom. The molecule has 0 heterocycles. The van der Waals surface area contributed by atoms with Crippen molar-refractivity contribution >= 4 is 23.0 Å². The van der Waals surface area contributed by atoms with E-state index in [1.165, 1.54) is 42.5 Å². The van der Waals surface area contributed by atoms with Gasteiger partial charge in [0.2, 0.25) is 5.91 Å². The number of hydrogen-bond acceptors (Lipinski definition) is 5. The van der Waals surface area contributed by atoms with E-state index >= 15 is 0 Å². The first-order valence-corrected chi connectivity index (χ1v) is 6.69. The molecule has 0 aromatic heterocycles. The van der Waals surface area contributed by atoms with Crippen molar-refractivity contribution in [3.8, 4) is 0 Å². The number of para-hydroxylation sites is 2. The molecule has 23 heavy (non-hydrogen) atoms. The molecule has 2 aromatic rings. The molecule has 1 atom stereocenters. The number of rotatable bonds is 5. The summed E-state index contributed by atoms with van der Waals surface area (Å²) in [6, 6.07) is 11.4. The third-order valence-corrected chi connectivity index (χ3v) is 3.36. The number of nitro groups is 2. The van der Waals surface area contributed by atoms with Gasteiger partial charge in [0, 0.05) is 18.2 Å². The second-order valence-corrected chi connectivity index (χ2v) is 4.83. The van der Waals surface area contributed by atoms with Gasteiger partial charge in [-0.3, -0.25) is 25.0 Å². The summed E-state index contributed by atoms with van der Waals surface area (Å²) in [6.07, 6.45) is 0. The summed E-state index contributed by atoms with van der Waals surface area (Å²) in [6.45, 7) is 1.62. The van der Waals surface area contributed by atoms with Crippen molar-refractivity contribution in [3.63, 3.8) is 0 Å². The van der Waals surface area contributed by atoms with Crippen molar-refractivity contribution in [1.82, 2.24) is 0 Å². The van der Waals surface area contributed by atoms with Gasteiger partial charge in [0.15, 0.2) is 0 Å². The standard InChI is InChI=1S/C15H13N3O5/c1-10(11-6-8-12(9-7-11)17(20)21)15(19)16-13-4-2-3-5-14(13)18(22)23/h2-10H,1H3,(H,16,19)/t10-/m0/s1. The van der Waals surface area contributed by atoms with E-state index < -0.39 is 21.7 Å². The molecule has 0 saturated heterocycles. The molecule has 8 nitrogen and oxygen atoms in total. The van der Waals surface area contributed by atoms with Gasteiger partial charge < -0.3 is 5.32 Å². The predicted octanol–water partition coefficient (Wildman–Crippen LogP) is 3.25. The summed E-state index contributed by atoms with van der Waals surface area (Å²) in [5, 5.41) is 24.1. The maximum Gasteiger partial charge on any atom is 0.292 e. The van der Waals surface area contributed by atoms with E-state index in [9.17, 15) is 25.0 Å². The highest BCUT2D eigenvalue weighted by atomic mass is 16.6. The highest BCUT2D eigenvalue weighted by molar-refractivity contribution is 5.97. The predicted molar refractivity (Wildman–Crippen MR) is 83.2 cm³/mol. The fourth-order valence-electron chi connectivity index (χ4n) is 2.02. The van der Waals surface area contributed by atoms with Gasteiger partial charge in [-0.05, 0) is 18.6 Å². The van der Waals surface area contributed by atoms with Crippen LogP contribution in [0.25, 0.3) is 0 Å². The molecule has 2 rings (SSSR count). The Balaban J connectivity index is 2.17. The monoisotopic (exact) mass is 315 g/mol. The number of non-ortho nitro benzene ring substituents is 1. The Morgan fingerprint density at radius 2 is 1.61 bits per heavy atom. The number of hydrogen-bond donors (Lipinski definition) is 1. The van der Waals surface area contributed by atoms with Gasteiger partial charge in [-0.15, -0.1) is 0 Å². The van der Waals surface area contributed by atoms with Crippen LogP contribution in [0.4, 0.5) is 17.1 Å². The molecule has 0 radical (unpaired) electrons. The van der Waals surface area contributed by atoms with Crippen LogP contribution in [0.5, 0.6) is 0 Å². The second kappa shape index (κ2) is 6.65. The number of anilines is 1. The van der Waals surface area contributed by atoms with Crippen LogP contribution in [-0.4, -0.2) is 15.8 Å². The number of carbonyl (C=O) groups excluding carboxylic acids is 1. The normalized spacial score (nSPS) is 11.5. The first kappa shape index (κ1) is 16.1. The molecule has 0 aliphatic carbocycles. The third-order valence-electron chi connectivity index (χ3n) is 3.36. The maximum absolute atomic E-state index is 12.2. The molecule has 0 aliphatic rings. The number of benzene rings is 2. The Hall–Kier alpha value is -3.29. The summed E-state index contributed by atoms with van der Waals surface area (Å²) in [5.41, 5.74) is 0.416. The minimum absolute atomic E-state index is 0.0694. The van der Waals surface area contributed by atoms with E-state index in [-0.39, 0.29) is 17.1 Å². The van der Waals surface area contributed by atoms with Crippen LogP contribution >= 0.6 is 0 Å². The molecule has 0 unspecified atom stereocenters. The van der Waals surface area contributed by atoms with E-state index in [2.05, 4.69) is 5.32 Å². The van der Waals surface area contributed by atoms with E-state index in [1.54, 1.807) is 13.0 Å². The molecule has 0 fully saturated rings. The molecule has 0 aliphatic heterocycles. The first-order chi connectivity index (χ1) is 10.9. The Bertz CT molecular complexity index is 758. The Kier molecular flexibility index (Phi) is 4.65. The van der Waals surface area contributed by atoms with Crippen molar-refractivity contribution in [1.29, 1.82) is 0 Å². The maximum atomic E-state index is 12.2. The lowest BCUT2D eigenvalue weighted by Gasteiger charge is -2.12. The van der Waals surface area contributed by atoms with Gasteiger partial charge in [0.25, 0.3) is 11.4 Å². The molecule has 118 valence electrons. The van der Waals surface area contributed by atoms with Gasteiger partial charge in [0.1, 0.15) is 5.69 Å². The largest absolute Gasteiger partial charge is 0.320 e. The molecule has 1 N–H and O–H groups in total. The van der Waals surface area contributed by atoms with E-state index in [0.29, 0.717) is 5.56 Å². The molecule has 0 bridgehead atoms. The Morgan fingerprint density at radius 3 is 2.17 bits per heavy atom. The lowest BCUT2D eigenvalue weighted by molar-refractivity contribution is -0.384. The van der Waals surface area contributed by atoms with Crippen LogP contribution in [0.1, 0.15) is 18.4 Å². The van der Waals surface area contributed by atoms with Crippen molar-refractivity contribution in [2.75, 3.05) is 5.32 Å². The van der Waals surface area contributed by atoms with Crippen LogP contribution in [0.2, 0.25) is 0 Å². The Labute approximate surface area is 131 Å². The number of nitrogens with zero attached hydrogens (tertiary/aromatic N) is 2. The quantitative estimate of drug-likeness (QED) is 0.671. The number of nitrogens with one attached hydrogen (secondary N) is 1. The average molecular weight is 315 g/mol. The summed E-state index contributed by atoms with van der Waals surface area (Å²) in [4.78, 5) is 32.7. The summed E-state index contributed by atoms with van der Waals surface area (Å²) >= 11 is 0. The highest BCUT2D eigenvalue weighted by Crippen LogP contribution is 2.26. The number of amides is 1. The van der Waals surface area contributed by atoms with Crippen LogP contribution in [0.3, 0.4) is 0 Å². The number of nitro benzene ring substituents is 2. The zero-order valence-electron chi connectivity index (χ0n) is 12.1. The fraction of sp³-hybridized carbons (Fsp3) is 0.133. The zero-order valence-corrected chi connectivity index (χ0v) is 12.1. The smallest absolute Gasteiger partial charge is 0.292 e. The topological polar surface area (TPSA) is 115 Å². The van der Waals surface area contributed by atoms with Crippen LogP contribution in [0, 0.1) is 20.2 Å². The molecular weight excluding hydrogens is 302 g/mol. The number of carbonyl (C=O) groups is 1. The summed E-state index contributed by atoms with van der Waals surface area (Å²) < 4.78 is 0. The molecule has 1 amide bonds. The van der Waals surface area contributed by atoms with Gasteiger partial charge >= 0.3 is 0 Å². The van der Waals surface area contributed by atoms with E-state index in [4.69, 9.17) is 0 Å². The third kappa shape index (κ3) is 3.67. The molecule has 8 heteroatoms. The fourth-order valence-corrected chi connectivity index (χ4v) is 2.02. The molecule has 0 spiro atoms. The highest BCUT2D eigenvalue weighted by Gasteiger charge is 2.20. The van der Waals surface area contributed by atoms with Gasteiger partial charge in [0.05, 0.1) is 15.8 Å². The minimum atomic E-state index is -0.615. The van der Waals surface area contributed by atoms with Gasteiger partial charge in [-0.1, -0.05) is 24.3 Å². The molecule has 2 aromatic carbocycles. The van der Waals surface area contributed by atoms with Crippen molar-refractivity contribution in [2.45, 2.75) is 12.8 Å². The second-order valence-electron chi connectivity index (χ2n) is 4.83. The average Bonchev–Trinajstić information content (AvgIpc) is 2.54. The lowest BCUT2D eigenvalue weighted by atomic mass is 10.00. The van der Waals surface area contributed by atoms with Crippen LogP contribution in [0.15, 0.2) is 48.5 Å². The van der Waals surface area contributed by atoms with Crippen LogP contribution < -0.4 is 5.32 Å². The SMILES string of the molecule is C[C@H](C(=O)Nc1ccccc1[N+](=O)[O-])c1ccc([N+](=O)[O-])cc1. The van der Waals surface area contributed by atoms with E-state index in [0.717, 1.165) is 0 Å². The van der Waals surface area contributed by atoms with Crippen molar-refractivity contribution in [3.05, 3.63) is 74.3 Å². The summed E-state index contributed by atoms with van der Waals surface area (Å²) in [5.74, 6) is -1.05. The van der Waals surface area contributed by atoms with Gasteiger partial charge in [-0.25, -0.2) is 0 Å².